The summed E-state index contributed by atoms with van der Waals surface area (Å²) < 4.78 is 5.82. The lowest BCUT2D eigenvalue weighted by Crippen LogP contribution is -2.40. The minimum absolute atomic E-state index is 0.0864. The molecule has 0 bridgehead atoms. The van der Waals surface area contributed by atoms with Gasteiger partial charge in [-0.3, -0.25) is 9.69 Å². The number of benzene rings is 1. The summed E-state index contributed by atoms with van der Waals surface area (Å²) >= 11 is 0. The van der Waals surface area contributed by atoms with Gasteiger partial charge in [0.15, 0.2) is 0 Å². The normalized spacial score (nSPS) is 15.6. The number of nitriles is 1. The van der Waals surface area contributed by atoms with Crippen LogP contribution < -0.4 is 15.0 Å². The van der Waals surface area contributed by atoms with E-state index in [2.05, 4.69) is 22.9 Å². The third-order valence-corrected chi connectivity index (χ3v) is 4.43. The van der Waals surface area contributed by atoms with Gasteiger partial charge in [-0.15, -0.1) is 0 Å². The number of hydrogen-bond donors (Lipinski definition) is 1. The Kier molecular flexibility index (Phi) is 4.63. The average Bonchev–Trinajstić information content (AvgIpc) is 2.83. The molecule has 0 saturated carbocycles. The van der Waals surface area contributed by atoms with Gasteiger partial charge < -0.3 is 10.1 Å². The minimum Gasteiger partial charge on any atom is -0.439 e. The van der Waals surface area contributed by atoms with Crippen molar-refractivity contribution in [3.05, 3.63) is 60.1 Å². The Morgan fingerprint density at radius 2 is 2.04 bits per heavy atom. The number of nitrogens with one attached hydrogen (secondary N) is 1. The SMILES string of the molecule is C=C1NC(C)(C)C(=O)N1c1ccc(Oc2ccc(C#N)c(C(C)C)c2)nc1. The molecule has 1 amide bonds. The minimum atomic E-state index is -0.692. The zero-order valence-electron chi connectivity index (χ0n) is 15.9. The quantitative estimate of drug-likeness (QED) is 0.887. The Morgan fingerprint density at radius 3 is 2.56 bits per heavy atom. The van der Waals surface area contributed by atoms with E-state index in [0.29, 0.717) is 28.7 Å². The fraction of sp³-hybridized carbons (Fsp3) is 0.286. The average molecular weight is 362 g/mol. The van der Waals surface area contributed by atoms with Crippen molar-refractivity contribution in [1.29, 1.82) is 5.26 Å². The summed E-state index contributed by atoms with van der Waals surface area (Å²) in [6.07, 6.45) is 1.58. The van der Waals surface area contributed by atoms with Crippen LogP contribution in [0.5, 0.6) is 11.6 Å². The van der Waals surface area contributed by atoms with E-state index in [4.69, 9.17) is 4.74 Å². The molecular formula is C21H22N4O2. The molecule has 0 spiro atoms. The number of aromatic nitrogens is 1. The Bertz CT molecular complexity index is 940. The predicted octanol–water partition coefficient (Wildman–Crippen LogP) is 4.05. The first-order valence-corrected chi connectivity index (χ1v) is 8.72. The lowest BCUT2D eigenvalue weighted by molar-refractivity contribution is -0.121. The molecule has 0 atom stereocenters. The summed E-state index contributed by atoms with van der Waals surface area (Å²) in [7, 11) is 0. The van der Waals surface area contributed by atoms with Gasteiger partial charge in [-0.1, -0.05) is 20.4 Å². The van der Waals surface area contributed by atoms with Crippen LogP contribution in [0.1, 0.15) is 44.7 Å². The number of nitrogens with zero attached hydrogens (tertiary/aromatic N) is 3. The van der Waals surface area contributed by atoms with E-state index >= 15 is 0 Å². The van der Waals surface area contributed by atoms with Gasteiger partial charge in [-0.25, -0.2) is 4.98 Å². The van der Waals surface area contributed by atoms with Gasteiger partial charge in [0.05, 0.1) is 23.5 Å². The molecule has 1 aromatic carbocycles. The number of anilines is 1. The maximum Gasteiger partial charge on any atom is 0.257 e. The fourth-order valence-corrected chi connectivity index (χ4v) is 3.01. The fourth-order valence-electron chi connectivity index (χ4n) is 3.01. The maximum absolute atomic E-state index is 12.5. The molecular weight excluding hydrogens is 340 g/mol. The molecule has 1 fully saturated rings. The Balaban J connectivity index is 1.81. The van der Waals surface area contributed by atoms with Crippen molar-refractivity contribution in [2.45, 2.75) is 39.2 Å². The first-order valence-electron chi connectivity index (χ1n) is 8.72. The largest absolute Gasteiger partial charge is 0.439 e. The van der Waals surface area contributed by atoms with E-state index in [1.54, 1.807) is 30.5 Å². The third-order valence-electron chi connectivity index (χ3n) is 4.43. The molecule has 0 radical (unpaired) electrons. The molecule has 2 heterocycles. The Labute approximate surface area is 159 Å². The Hall–Kier alpha value is -3.33. The summed E-state index contributed by atoms with van der Waals surface area (Å²) in [5.74, 6) is 1.66. The number of carbonyl (C=O) groups excluding carboxylic acids is 1. The van der Waals surface area contributed by atoms with E-state index in [9.17, 15) is 10.1 Å². The second-order valence-electron chi connectivity index (χ2n) is 7.31. The summed E-state index contributed by atoms with van der Waals surface area (Å²) in [6, 6.07) is 11.0. The molecule has 27 heavy (non-hydrogen) atoms. The van der Waals surface area contributed by atoms with Crippen molar-refractivity contribution < 1.29 is 9.53 Å². The molecule has 0 aliphatic carbocycles. The number of hydrogen-bond acceptors (Lipinski definition) is 5. The molecule has 138 valence electrons. The number of rotatable bonds is 4. The summed E-state index contributed by atoms with van der Waals surface area (Å²) in [5.41, 5.74) is 1.50. The Morgan fingerprint density at radius 1 is 1.30 bits per heavy atom. The van der Waals surface area contributed by atoms with Crippen LogP contribution in [0.25, 0.3) is 0 Å². The van der Waals surface area contributed by atoms with Gasteiger partial charge in [0, 0.05) is 6.07 Å². The number of ether oxygens (including phenoxy) is 1. The first-order chi connectivity index (χ1) is 12.7. The van der Waals surface area contributed by atoms with E-state index in [0.717, 1.165) is 5.56 Å². The van der Waals surface area contributed by atoms with Crippen molar-refractivity contribution in [3.63, 3.8) is 0 Å². The van der Waals surface area contributed by atoms with E-state index in [1.165, 1.54) is 4.90 Å². The zero-order chi connectivity index (χ0) is 19.8. The lowest BCUT2D eigenvalue weighted by atomic mass is 9.98. The monoisotopic (exact) mass is 362 g/mol. The van der Waals surface area contributed by atoms with Crippen LogP contribution >= 0.6 is 0 Å². The van der Waals surface area contributed by atoms with Gasteiger partial charge in [0.25, 0.3) is 5.91 Å². The van der Waals surface area contributed by atoms with Crippen molar-refractivity contribution in [2.24, 2.45) is 0 Å². The van der Waals surface area contributed by atoms with Gasteiger partial charge in [-0.2, -0.15) is 5.26 Å². The molecule has 6 heteroatoms. The number of amides is 1. The predicted molar refractivity (Wildman–Crippen MR) is 103 cm³/mol. The molecule has 1 aromatic heterocycles. The lowest BCUT2D eigenvalue weighted by Gasteiger charge is -2.17. The van der Waals surface area contributed by atoms with Crippen molar-refractivity contribution in [2.75, 3.05) is 4.90 Å². The van der Waals surface area contributed by atoms with Gasteiger partial charge in [0.1, 0.15) is 17.1 Å². The summed E-state index contributed by atoms with van der Waals surface area (Å²) in [5, 5.41) is 12.3. The van der Waals surface area contributed by atoms with Crippen LogP contribution in [0.3, 0.4) is 0 Å². The highest BCUT2D eigenvalue weighted by Crippen LogP contribution is 2.30. The van der Waals surface area contributed by atoms with E-state index in [1.807, 2.05) is 33.8 Å². The third kappa shape index (κ3) is 3.49. The second kappa shape index (κ2) is 6.76. The summed E-state index contributed by atoms with van der Waals surface area (Å²) in [4.78, 5) is 18.3. The molecule has 0 unspecified atom stereocenters. The number of pyridine rings is 1. The van der Waals surface area contributed by atoms with Crippen LogP contribution in [-0.4, -0.2) is 16.4 Å². The molecule has 1 N–H and O–H groups in total. The molecule has 1 aliphatic rings. The molecule has 3 rings (SSSR count). The topological polar surface area (TPSA) is 78.3 Å². The van der Waals surface area contributed by atoms with Gasteiger partial charge in [-0.05, 0) is 49.6 Å². The van der Waals surface area contributed by atoms with Crippen LogP contribution in [-0.2, 0) is 4.79 Å². The van der Waals surface area contributed by atoms with Gasteiger partial charge >= 0.3 is 0 Å². The second-order valence-corrected chi connectivity index (χ2v) is 7.31. The van der Waals surface area contributed by atoms with Crippen molar-refractivity contribution >= 4 is 11.6 Å². The van der Waals surface area contributed by atoms with E-state index < -0.39 is 5.54 Å². The molecule has 2 aromatic rings. The standard InChI is InChI=1S/C21H22N4O2/c1-13(2)18-10-17(8-6-15(18)11-22)27-19-9-7-16(12-23-19)25-14(3)24-21(4,5)20(25)26/h6-10,12-13,24H,3H2,1-2,4-5H3. The summed E-state index contributed by atoms with van der Waals surface area (Å²) in [6.45, 7) is 11.6. The van der Waals surface area contributed by atoms with Crippen LogP contribution in [0.4, 0.5) is 5.69 Å². The zero-order valence-corrected chi connectivity index (χ0v) is 15.9. The molecule has 1 aliphatic heterocycles. The van der Waals surface area contributed by atoms with Crippen molar-refractivity contribution in [3.8, 4) is 17.7 Å². The molecule has 6 nitrogen and oxygen atoms in total. The van der Waals surface area contributed by atoms with Crippen LogP contribution in [0.2, 0.25) is 0 Å². The van der Waals surface area contributed by atoms with Crippen LogP contribution in [0, 0.1) is 11.3 Å². The maximum atomic E-state index is 12.5. The smallest absolute Gasteiger partial charge is 0.257 e. The van der Waals surface area contributed by atoms with Gasteiger partial charge in [0.2, 0.25) is 5.88 Å². The molecule has 1 saturated heterocycles. The van der Waals surface area contributed by atoms with Crippen LogP contribution in [0.15, 0.2) is 48.9 Å². The van der Waals surface area contributed by atoms with Crippen molar-refractivity contribution in [1.82, 2.24) is 10.3 Å². The highest BCUT2D eigenvalue weighted by Gasteiger charge is 2.41. The highest BCUT2D eigenvalue weighted by atomic mass is 16.5. The number of carbonyl (C=O) groups is 1. The van der Waals surface area contributed by atoms with E-state index in [-0.39, 0.29) is 11.8 Å². The highest BCUT2D eigenvalue weighted by molar-refractivity contribution is 6.05. The first kappa shape index (κ1) is 18.5.